The van der Waals surface area contributed by atoms with Crippen molar-refractivity contribution in [1.29, 1.82) is 0 Å². The fourth-order valence-corrected chi connectivity index (χ4v) is 3.87. The largest absolute Gasteiger partial charge is 0.569 e. The molecule has 0 saturated heterocycles. The maximum atomic E-state index is 9.76. The van der Waals surface area contributed by atoms with Crippen LogP contribution in [0, 0.1) is 0 Å². The Morgan fingerprint density at radius 3 is 2.00 bits per heavy atom. The zero-order valence-corrected chi connectivity index (χ0v) is 14.1. The maximum Gasteiger partial charge on any atom is 0.569 e. The molecular weight excluding hydrogens is 342 g/mol. The number of fused-ring (bicyclic) bond motifs is 1. The summed E-state index contributed by atoms with van der Waals surface area (Å²) in [5, 5.41) is 33.7. The highest BCUT2D eigenvalue weighted by molar-refractivity contribution is 6.62. The zero-order chi connectivity index (χ0) is 18.5. The lowest BCUT2D eigenvalue weighted by molar-refractivity contribution is 0.426. The number of benzene rings is 4. The Labute approximate surface area is 154 Å². The van der Waals surface area contributed by atoms with Crippen LogP contribution in [0.3, 0.4) is 0 Å². The minimum atomic E-state index is -1.57. The molecular formula is C20H13B2O5. The first-order chi connectivity index (χ1) is 13.2. The lowest BCUT2D eigenvalue weighted by atomic mass is 9.76. The standard InChI is InChI=1S/C20H13B2O5/c23-21-27-16-9-10-18-20-12(4-2-6-14(16)20)11-3-1-5-13-15(22(24)25)7-8-17(26-18)19(11)13/h1-10,23-25H. The first-order valence-corrected chi connectivity index (χ1v) is 8.47. The Morgan fingerprint density at radius 1 is 0.741 bits per heavy atom. The summed E-state index contributed by atoms with van der Waals surface area (Å²) in [7, 11) is -0.915. The molecule has 1 heterocycles. The summed E-state index contributed by atoms with van der Waals surface area (Å²) in [6.07, 6.45) is 0. The molecule has 5 aromatic rings. The van der Waals surface area contributed by atoms with Gasteiger partial charge >= 0.3 is 14.8 Å². The molecule has 1 radical (unpaired) electrons. The van der Waals surface area contributed by atoms with Crippen LogP contribution < -0.4 is 10.1 Å². The van der Waals surface area contributed by atoms with Crippen LogP contribution in [0.2, 0.25) is 0 Å². The van der Waals surface area contributed by atoms with Gasteiger partial charge in [-0.1, -0.05) is 42.5 Å². The average Bonchev–Trinajstić information content (AvgIpc) is 2.82. The molecule has 0 fully saturated rings. The topological polar surface area (TPSA) is 83.1 Å². The number of hydrogen-bond acceptors (Lipinski definition) is 5. The minimum Gasteiger partial charge on any atom is -0.537 e. The van der Waals surface area contributed by atoms with Gasteiger partial charge in [0.2, 0.25) is 0 Å². The van der Waals surface area contributed by atoms with Crippen LogP contribution in [-0.4, -0.2) is 29.9 Å². The molecule has 0 aliphatic carbocycles. The summed E-state index contributed by atoms with van der Waals surface area (Å²) < 4.78 is 11.5. The van der Waals surface area contributed by atoms with Crippen molar-refractivity contribution < 1.29 is 24.1 Å². The van der Waals surface area contributed by atoms with Gasteiger partial charge in [0, 0.05) is 16.2 Å². The Kier molecular flexibility index (Phi) is 3.62. The highest BCUT2D eigenvalue weighted by Crippen LogP contribution is 2.38. The highest BCUT2D eigenvalue weighted by Gasteiger charge is 2.19. The molecule has 129 valence electrons. The fourth-order valence-electron chi connectivity index (χ4n) is 3.87. The summed E-state index contributed by atoms with van der Waals surface area (Å²) in [6.45, 7) is 0. The Hall–Kier alpha value is -2.99. The van der Waals surface area contributed by atoms with Crippen molar-refractivity contribution in [3.63, 3.8) is 0 Å². The van der Waals surface area contributed by atoms with Crippen LogP contribution in [0.1, 0.15) is 0 Å². The molecule has 27 heavy (non-hydrogen) atoms. The maximum absolute atomic E-state index is 9.76. The second-order valence-corrected chi connectivity index (χ2v) is 6.37. The van der Waals surface area contributed by atoms with Gasteiger partial charge in [-0.15, -0.1) is 0 Å². The van der Waals surface area contributed by atoms with Crippen LogP contribution in [0.5, 0.6) is 5.75 Å². The molecule has 0 spiro atoms. The predicted molar refractivity (Wildman–Crippen MR) is 107 cm³/mol. The van der Waals surface area contributed by atoms with E-state index in [0.717, 1.165) is 32.3 Å². The molecule has 0 saturated carbocycles. The van der Waals surface area contributed by atoms with E-state index in [0.29, 0.717) is 30.1 Å². The monoisotopic (exact) mass is 355 g/mol. The summed E-state index contributed by atoms with van der Waals surface area (Å²) in [5.41, 5.74) is 1.74. The van der Waals surface area contributed by atoms with Gasteiger partial charge in [0.05, 0.1) is 0 Å². The molecule has 0 aliphatic heterocycles. The van der Waals surface area contributed by atoms with Gasteiger partial charge < -0.3 is 24.1 Å². The minimum absolute atomic E-state index is 0.427. The van der Waals surface area contributed by atoms with Crippen LogP contribution in [0.15, 0.2) is 65.1 Å². The molecule has 0 aliphatic rings. The van der Waals surface area contributed by atoms with Crippen molar-refractivity contribution in [2.24, 2.45) is 0 Å². The van der Waals surface area contributed by atoms with Gasteiger partial charge in [-0.2, -0.15) is 0 Å². The van der Waals surface area contributed by atoms with E-state index >= 15 is 0 Å². The average molecular weight is 355 g/mol. The second-order valence-electron chi connectivity index (χ2n) is 6.37. The molecule has 0 bridgehead atoms. The van der Waals surface area contributed by atoms with E-state index in [2.05, 4.69) is 0 Å². The summed E-state index contributed by atoms with van der Waals surface area (Å²) in [6, 6.07) is 18.5. The van der Waals surface area contributed by atoms with Gasteiger partial charge in [0.15, 0.2) is 0 Å². The first kappa shape index (κ1) is 16.2. The molecule has 1 aromatic heterocycles. The van der Waals surface area contributed by atoms with E-state index in [1.165, 1.54) is 0 Å². The van der Waals surface area contributed by atoms with Crippen molar-refractivity contribution >= 4 is 63.7 Å². The molecule has 4 aromatic carbocycles. The van der Waals surface area contributed by atoms with E-state index in [-0.39, 0.29) is 0 Å². The van der Waals surface area contributed by atoms with E-state index in [1.807, 2.05) is 36.4 Å². The van der Waals surface area contributed by atoms with Gasteiger partial charge in [-0.25, -0.2) is 0 Å². The molecule has 7 heteroatoms. The predicted octanol–water partition coefficient (Wildman–Crippen LogP) is 2.48. The number of rotatable bonds is 3. The van der Waals surface area contributed by atoms with E-state index < -0.39 is 7.12 Å². The van der Waals surface area contributed by atoms with Gasteiger partial charge in [0.25, 0.3) is 0 Å². The van der Waals surface area contributed by atoms with Crippen molar-refractivity contribution in [3.8, 4) is 5.75 Å². The molecule has 5 rings (SSSR count). The van der Waals surface area contributed by atoms with Crippen LogP contribution in [-0.2, 0) is 0 Å². The van der Waals surface area contributed by atoms with Crippen LogP contribution in [0.4, 0.5) is 0 Å². The Balaban J connectivity index is 2.08. The van der Waals surface area contributed by atoms with Gasteiger partial charge in [-0.3, -0.25) is 0 Å². The number of hydrogen-bond donors (Lipinski definition) is 3. The first-order valence-electron chi connectivity index (χ1n) is 8.47. The lowest BCUT2D eigenvalue weighted by Crippen LogP contribution is -2.30. The van der Waals surface area contributed by atoms with Crippen molar-refractivity contribution in [2.45, 2.75) is 0 Å². The fraction of sp³-hybridized carbons (Fsp3) is 0. The third-order valence-electron chi connectivity index (χ3n) is 4.97. The molecule has 0 unspecified atom stereocenters. The summed E-state index contributed by atoms with van der Waals surface area (Å²) in [5.74, 6) is 0.520. The Morgan fingerprint density at radius 2 is 1.33 bits per heavy atom. The molecule has 0 atom stereocenters. The smallest absolute Gasteiger partial charge is 0.537 e. The normalized spacial score (nSPS) is 11.5. The second kappa shape index (κ2) is 6.03. The zero-order valence-electron chi connectivity index (χ0n) is 14.1. The summed E-state index contributed by atoms with van der Waals surface area (Å²) >= 11 is 0. The van der Waals surface area contributed by atoms with Crippen LogP contribution >= 0.6 is 0 Å². The van der Waals surface area contributed by atoms with Crippen LogP contribution in [0.25, 0.3) is 43.5 Å². The lowest BCUT2D eigenvalue weighted by Gasteiger charge is -2.08. The third-order valence-corrected chi connectivity index (χ3v) is 4.97. The quantitative estimate of drug-likeness (QED) is 0.433. The van der Waals surface area contributed by atoms with Crippen molar-refractivity contribution in [2.75, 3.05) is 0 Å². The van der Waals surface area contributed by atoms with Gasteiger partial charge in [0.1, 0.15) is 16.9 Å². The Bertz CT molecular complexity index is 1330. The molecule has 5 nitrogen and oxygen atoms in total. The highest BCUT2D eigenvalue weighted by atomic mass is 16.5. The van der Waals surface area contributed by atoms with Crippen molar-refractivity contribution in [1.82, 2.24) is 0 Å². The molecule has 0 amide bonds. The molecule has 3 N–H and O–H groups in total. The van der Waals surface area contributed by atoms with E-state index in [1.54, 1.807) is 24.3 Å². The SMILES string of the molecule is O[B]Oc1ccc2oc3ccc(B(O)O)c4cccc(c5cccc1c25)c34. The van der Waals surface area contributed by atoms with E-state index in [9.17, 15) is 10.0 Å². The third kappa shape index (κ3) is 2.33. The summed E-state index contributed by atoms with van der Waals surface area (Å²) in [4.78, 5) is 0. The van der Waals surface area contributed by atoms with Gasteiger partial charge in [-0.05, 0) is 39.8 Å². The van der Waals surface area contributed by atoms with E-state index in [4.69, 9.17) is 14.1 Å². The van der Waals surface area contributed by atoms with Crippen molar-refractivity contribution in [3.05, 3.63) is 60.7 Å².